The third-order valence-corrected chi connectivity index (χ3v) is 5.75. The van der Waals surface area contributed by atoms with E-state index < -0.39 is 11.6 Å². The Morgan fingerprint density at radius 1 is 1.17 bits per heavy atom. The van der Waals surface area contributed by atoms with Gasteiger partial charge in [0, 0.05) is 4.47 Å². The van der Waals surface area contributed by atoms with Crippen LogP contribution in [0.15, 0.2) is 59.1 Å². The summed E-state index contributed by atoms with van der Waals surface area (Å²) in [5, 5.41) is 16.9. The fourth-order valence-corrected chi connectivity index (χ4v) is 4.03. The number of carbonyl (C=O) groups excluding carboxylic acids is 2. The summed E-state index contributed by atoms with van der Waals surface area (Å²) in [6.07, 6.45) is 0. The van der Waals surface area contributed by atoms with E-state index in [1.54, 1.807) is 30.7 Å². The lowest BCUT2D eigenvalue weighted by atomic mass is 9.92. The zero-order valence-corrected chi connectivity index (χ0v) is 18.0. The average molecular weight is 464 g/mol. The SMILES string of the molecule is Cc1nn(-c2ccccc2)c(CN2C(=O)NC(C)(c3cccc(Br)c3)C2=O)c1C#N. The number of nitrogens with one attached hydrogen (secondary N) is 1. The summed E-state index contributed by atoms with van der Waals surface area (Å²) in [6.45, 7) is 3.35. The van der Waals surface area contributed by atoms with Gasteiger partial charge in [0.1, 0.15) is 11.6 Å². The highest BCUT2D eigenvalue weighted by atomic mass is 79.9. The number of nitriles is 1. The molecule has 8 heteroatoms. The lowest BCUT2D eigenvalue weighted by molar-refractivity contribution is -0.131. The molecule has 0 spiro atoms. The minimum Gasteiger partial charge on any atom is -0.319 e. The number of benzene rings is 2. The van der Waals surface area contributed by atoms with Crippen LogP contribution in [-0.2, 0) is 16.9 Å². The molecular weight excluding hydrogens is 446 g/mol. The summed E-state index contributed by atoms with van der Waals surface area (Å²) in [6, 6.07) is 18.2. The average Bonchev–Trinajstić information content (AvgIpc) is 3.17. The monoisotopic (exact) mass is 463 g/mol. The van der Waals surface area contributed by atoms with Gasteiger partial charge in [0.15, 0.2) is 0 Å². The Morgan fingerprint density at radius 3 is 2.57 bits per heavy atom. The number of para-hydroxylation sites is 1. The van der Waals surface area contributed by atoms with Gasteiger partial charge in [-0.2, -0.15) is 10.4 Å². The molecule has 2 heterocycles. The highest BCUT2D eigenvalue weighted by Crippen LogP contribution is 2.32. The van der Waals surface area contributed by atoms with Gasteiger partial charge in [-0.1, -0.05) is 46.3 Å². The van der Waals surface area contributed by atoms with Crippen molar-refractivity contribution in [2.24, 2.45) is 0 Å². The van der Waals surface area contributed by atoms with Crippen molar-refractivity contribution in [3.8, 4) is 11.8 Å². The molecule has 1 saturated heterocycles. The Labute approximate surface area is 182 Å². The van der Waals surface area contributed by atoms with Crippen LogP contribution in [0, 0.1) is 18.3 Å². The molecule has 2 aromatic carbocycles. The van der Waals surface area contributed by atoms with Gasteiger partial charge >= 0.3 is 6.03 Å². The largest absolute Gasteiger partial charge is 0.325 e. The fourth-order valence-electron chi connectivity index (χ4n) is 3.63. The van der Waals surface area contributed by atoms with Crippen molar-refractivity contribution in [2.75, 3.05) is 0 Å². The van der Waals surface area contributed by atoms with Crippen LogP contribution in [0.2, 0.25) is 0 Å². The zero-order valence-electron chi connectivity index (χ0n) is 16.4. The molecule has 3 amide bonds. The van der Waals surface area contributed by atoms with E-state index in [0.717, 1.165) is 15.1 Å². The van der Waals surface area contributed by atoms with Crippen molar-refractivity contribution < 1.29 is 9.59 Å². The van der Waals surface area contributed by atoms with Gasteiger partial charge in [-0.3, -0.25) is 9.69 Å². The summed E-state index contributed by atoms with van der Waals surface area (Å²) in [7, 11) is 0. The van der Waals surface area contributed by atoms with Crippen LogP contribution in [0.4, 0.5) is 4.79 Å². The summed E-state index contributed by atoms with van der Waals surface area (Å²) in [4.78, 5) is 27.2. The third-order valence-electron chi connectivity index (χ3n) is 5.25. The summed E-state index contributed by atoms with van der Waals surface area (Å²) in [5.41, 5.74) is 1.61. The predicted molar refractivity (Wildman–Crippen MR) is 114 cm³/mol. The number of aryl methyl sites for hydroxylation is 1. The van der Waals surface area contributed by atoms with Crippen LogP contribution in [0.25, 0.3) is 5.69 Å². The van der Waals surface area contributed by atoms with Crippen molar-refractivity contribution >= 4 is 27.9 Å². The van der Waals surface area contributed by atoms with E-state index in [2.05, 4.69) is 32.4 Å². The zero-order chi connectivity index (χ0) is 21.5. The van der Waals surface area contributed by atoms with E-state index in [0.29, 0.717) is 22.5 Å². The first kappa shape index (κ1) is 19.9. The van der Waals surface area contributed by atoms with E-state index >= 15 is 0 Å². The second-order valence-corrected chi connectivity index (χ2v) is 8.14. The lowest BCUT2D eigenvalue weighted by Crippen LogP contribution is -2.40. The van der Waals surface area contributed by atoms with E-state index in [-0.39, 0.29) is 12.5 Å². The molecule has 0 bridgehead atoms. The van der Waals surface area contributed by atoms with Crippen LogP contribution >= 0.6 is 15.9 Å². The number of aromatic nitrogens is 2. The van der Waals surface area contributed by atoms with Crippen LogP contribution < -0.4 is 5.32 Å². The number of urea groups is 1. The van der Waals surface area contributed by atoms with Crippen molar-refractivity contribution in [1.82, 2.24) is 20.0 Å². The Kier molecular flexibility index (Phi) is 4.92. The Hall–Kier alpha value is -3.44. The van der Waals surface area contributed by atoms with Crippen molar-refractivity contribution in [2.45, 2.75) is 25.9 Å². The number of rotatable bonds is 4. The molecule has 4 rings (SSSR count). The standard InChI is InChI=1S/C22H18BrN5O2/c1-14-18(12-24)19(28(26-14)17-9-4-3-5-10-17)13-27-20(29)22(2,25-21(27)30)15-7-6-8-16(23)11-15/h3-11H,13H2,1-2H3,(H,25,30). The predicted octanol–water partition coefficient (Wildman–Crippen LogP) is 3.78. The molecule has 30 heavy (non-hydrogen) atoms. The summed E-state index contributed by atoms with van der Waals surface area (Å²) in [5.74, 6) is -0.382. The quantitative estimate of drug-likeness (QED) is 0.595. The van der Waals surface area contributed by atoms with E-state index in [1.807, 2.05) is 42.5 Å². The van der Waals surface area contributed by atoms with E-state index in [4.69, 9.17) is 0 Å². The third kappa shape index (κ3) is 3.17. The number of amides is 3. The highest BCUT2D eigenvalue weighted by molar-refractivity contribution is 9.10. The minimum absolute atomic E-state index is 0.0626. The molecule has 0 aliphatic carbocycles. The molecule has 150 valence electrons. The lowest BCUT2D eigenvalue weighted by Gasteiger charge is -2.22. The minimum atomic E-state index is -1.19. The van der Waals surface area contributed by atoms with Gasteiger partial charge in [-0.15, -0.1) is 0 Å². The van der Waals surface area contributed by atoms with Crippen LogP contribution in [-0.4, -0.2) is 26.6 Å². The number of carbonyl (C=O) groups is 2. The first-order chi connectivity index (χ1) is 14.3. The number of imide groups is 1. The first-order valence-corrected chi connectivity index (χ1v) is 10.1. The molecule has 1 N–H and O–H groups in total. The van der Waals surface area contributed by atoms with Gasteiger partial charge in [0.05, 0.1) is 29.2 Å². The van der Waals surface area contributed by atoms with Crippen LogP contribution in [0.5, 0.6) is 0 Å². The van der Waals surface area contributed by atoms with E-state index in [1.165, 1.54) is 0 Å². The molecule has 1 aliphatic rings. The summed E-state index contributed by atoms with van der Waals surface area (Å²) >= 11 is 3.41. The Morgan fingerprint density at radius 2 is 1.90 bits per heavy atom. The van der Waals surface area contributed by atoms with Gasteiger partial charge in [0.2, 0.25) is 0 Å². The molecule has 7 nitrogen and oxygen atoms in total. The van der Waals surface area contributed by atoms with Gasteiger partial charge in [-0.05, 0) is 43.7 Å². The molecule has 1 fully saturated rings. The molecule has 3 aromatic rings. The number of hydrogen-bond donors (Lipinski definition) is 1. The van der Waals surface area contributed by atoms with E-state index in [9.17, 15) is 14.9 Å². The normalized spacial score (nSPS) is 18.4. The molecule has 1 atom stereocenters. The smallest absolute Gasteiger partial charge is 0.319 e. The molecule has 1 aliphatic heterocycles. The molecule has 0 saturated carbocycles. The number of hydrogen-bond acceptors (Lipinski definition) is 4. The van der Waals surface area contributed by atoms with Crippen LogP contribution in [0.1, 0.15) is 29.4 Å². The molecule has 1 unspecified atom stereocenters. The second kappa shape index (κ2) is 7.43. The Bertz CT molecular complexity index is 1200. The first-order valence-electron chi connectivity index (χ1n) is 9.29. The Balaban J connectivity index is 1.74. The van der Waals surface area contributed by atoms with Gasteiger partial charge in [0.25, 0.3) is 5.91 Å². The van der Waals surface area contributed by atoms with Crippen molar-refractivity contribution in [3.63, 3.8) is 0 Å². The number of nitrogens with zero attached hydrogens (tertiary/aromatic N) is 4. The molecule has 1 aromatic heterocycles. The van der Waals surface area contributed by atoms with Crippen molar-refractivity contribution in [1.29, 1.82) is 5.26 Å². The number of halogens is 1. The second-order valence-electron chi connectivity index (χ2n) is 7.22. The van der Waals surface area contributed by atoms with Gasteiger partial charge < -0.3 is 5.32 Å². The molecular formula is C22H18BrN5O2. The fraction of sp³-hybridized carbons (Fsp3) is 0.182. The van der Waals surface area contributed by atoms with Crippen molar-refractivity contribution in [3.05, 3.63) is 81.6 Å². The van der Waals surface area contributed by atoms with Gasteiger partial charge in [-0.25, -0.2) is 9.48 Å². The topological polar surface area (TPSA) is 91.0 Å². The molecule has 0 radical (unpaired) electrons. The maximum Gasteiger partial charge on any atom is 0.325 e. The highest BCUT2D eigenvalue weighted by Gasteiger charge is 2.49. The summed E-state index contributed by atoms with van der Waals surface area (Å²) < 4.78 is 2.43. The maximum absolute atomic E-state index is 13.3. The van der Waals surface area contributed by atoms with Crippen LogP contribution in [0.3, 0.4) is 0 Å². The maximum atomic E-state index is 13.3.